The number of carbonyl (C=O) groups is 2. The number of methoxy groups -OCH3 is 1. The number of carboxylic acid groups (broad SMARTS) is 1. The Balaban J connectivity index is 4.20. The molecule has 0 fully saturated rings. The van der Waals surface area contributed by atoms with Crippen LogP contribution in [0.25, 0.3) is 0 Å². The van der Waals surface area contributed by atoms with Crippen molar-refractivity contribution in [3.05, 3.63) is 0 Å². The molecular weight excluding hydrogens is 254 g/mol. The summed E-state index contributed by atoms with van der Waals surface area (Å²) in [5, 5.41) is 17.2. The number of hydrogen-bond acceptors (Lipinski definition) is 6. The first kappa shape index (κ1) is 15.8. The van der Waals surface area contributed by atoms with Gasteiger partial charge in [0.2, 0.25) is 10.0 Å². The van der Waals surface area contributed by atoms with Gasteiger partial charge in [-0.1, -0.05) is 0 Å². The Labute approximate surface area is 98.6 Å². The van der Waals surface area contributed by atoms with Crippen molar-refractivity contribution in [1.29, 1.82) is 0 Å². The molecule has 0 aromatic carbocycles. The van der Waals surface area contributed by atoms with E-state index in [9.17, 15) is 18.0 Å². The quantitative estimate of drug-likeness (QED) is 0.448. The van der Waals surface area contributed by atoms with Crippen molar-refractivity contribution in [2.24, 2.45) is 0 Å². The molecule has 0 heterocycles. The number of rotatable bonds is 8. The molecule has 100 valence electrons. The molecule has 0 aromatic rings. The molecule has 17 heavy (non-hydrogen) atoms. The lowest BCUT2D eigenvalue weighted by Crippen LogP contribution is -2.44. The average Bonchev–Trinajstić information content (AvgIpc) is 2.25. The Bertz CT molecular complexity index is 364. The van der Waals surface area contributed by atoms with Gasteiger partial charge in [0.05, 0.1) is 19.5 Å². The van der Waals surface area contributed by atoms with Gasteiger partial charge in [-0.2, -0.15) is 4.72 Å². The van der Waals surface area contributed by atoms with E-state index in [4.69, 9.17) is 10.2 Å². The van der Waals surface area contributed by atoms with Crippen LogP contribution in [-0.2, 0) is 24.3 Å². The molecule has 1 unspecified atom stereocenters. The molecule has 0 aliphatic heterocycles. The molecule has 0 bridgehead atoms. The summed E-state index contributed by atoms with van der Waals surface area (Å²) in [5.74, 6) is -2.42. The summed E-state index contributed by atoms with van der Waals surface area (Å²) in [4.78, 5) is 21.2. The van der Waals surface area contributed by atoms with Crippen LogP contribution in [0.5, 0.6) is 0 Å². The zero-order valence-electron chi connectivity index (χ0n) is 9.25. The summed E-state index contributed by atoms with van der Waals surface area (Å²) in [6.07, 6.45) is -0.0615. The molecule has 0 rings (SSSR count). The Hall–Kier alpha value is -1.19. The van der Waals surface area contributed by atoms with Crippen LogP contribution in [0, 0.1) is 0 Å². The second-order valence-electron chi connectivity index (χ2n) is 3.19. The van der Waals surface area contributed by atoms with Gasteiger partial charge >= 0.3 is 11.9 Å². The number of nitrogens with one attached hydrogen (secondary N) is 1. The van der Waals surface area contributed by atoms with Crippen molar-refractivity contribution in [2.75, 3.05) is 19.5 Å². The SMILES string of the molecule is COC(=O)CCCS(=O)(=O)NC(CO)C(=O)O. The number of sulfonamides is 1. The third-order valence-corrected chi connectivity index (χ3v) is 3.29. The lowest BCUT2D eigenvalue weighted by atomic mass is 10.3. The molecule has 0 saturated carbocycles. The molecule has 0 amide bonds. The molecule has 0 spiro atoms. The van der Waals surface area contributed by atoms with Crippen LogP contribution in [0.15, 0.2) is 0 Å². The lowest BCUT2D eigenvalue weighted by Gasteiger charge is -2.11. The van der Waals surface area contributed by atoms with Gasteiger partial charge < -0.3 is 14.9 Å². The van der Waals surface area contributed by atoms with Gasteiger partial charge in [0.25, 0.3) is 0 Å². The molecule has 0 radical (unpaired) electrons. The van der Waals surface area contributed by atoms with Crippen LogP contribution >= 0.6 is 0 Å². The predicted octanol–water partition coefficient (Wildman–Crippen LogP) is -1.70. The van der Waals surface area contributed by atoms with E-state index >= 15 is 0 Å². The first-order chi connectivity index (χ1) is 7.82. The van der Waals surface area contributed by atoms with Gasteiger partial charge in [-0.3, -0.25) is 9.59 Å². The van der Waals surface area contributed by atoms with E-state index in [1.807, 2.05) is 0 Å². The van der Waals surface area contributed by atoms with Crippen molar-refractivity contribution in [1.82, 2.24) is 4.72 Å². The first-order valence-corrected chi connectivity index (χ1v) is 6.38. The highest BCUT2D eigenvalue weighted by Crippen LogP contribution is 1.98. The normalized spacial score (nSPS) is 13.1. The van der Waals surface area contributed by atoms with Gasteiger partial charge in [-0.15, -0.1) is 0 Å². The van der Waals surface area contributed by atoms with E-state index in [-0.39, 0.29) is 12.8 Å². The minimum absolute atomic E-state index is 0.0137. The molecule has 0 aliphatic carbocycles. The Morgan fingerprint density at radius 2 is 2.00 bits per heavy atom. The van der Waals surface area contributed by atoms with E-state index in [2.05, 4.69) is 4.74 Å². The molecular formula is C8H15NO7S. The van der Waals surface area contributed by atoms with Gasteiger partial charge in [-0.25, -0.2) is 8.42 Å². The minimum atomic E-state index is -3.84. The Morgan fingerprint density at radius 3 is 2.41 bits per heavy atom. The van der Waals surface area contributed by atoms with Crippen LogP contribution in [0.4, 0.5) is 0 Å². The molecule has 3 N–H and O–H groups in total. The van der Waals surface area contributed by atoms with Gasteiger partial charge in [0.1, 0.15) is 6.04 Å². The van der Waals surface area contributed by atoms with Crippen LogP contribution in [0.2, 0.25) is 0 Å². The molecule has 8 nitrogen and oxygen atoms in total. The van der Waals surface area contributed by atoms with E-state index in [1.165, 1.54) is 7.11 Å². The number of aliphatic hydroxyl groups excluding tert-OH is 1. The second-order valence-corrected chi connectivity index (χ2v) is 5.06. The third kappa shape index (κ3) is 6.87. The van der Waals surface area contributed by atoms with Gasteiger partial charge in [-0.05, 0) is 6.42 Å². The average molecular weight is 269 g/mol. The van der Waals surface area contributed by atoms with Crippen molar-refractivity contribution in [3.63, 3.8) is 0 Å². The highest BCUT2D eigenvalue weighted by molar-refractivity contribution is 7.89. The predicted molar refractivity (Wildman–Crippen MR) is 56.7 cm³/mol. The van der Waals surface area contributed by atoms with E-state index in [0.29, 0.717) is 0 Å². The number of carbonyl (C=O) groups excluding carboxylic acids is 1. The number of hydrogen-bond donors (Lipinski definition) is 3. The summed E-state index contributed by atoms with van der Waals surface area (Å²) in [7, 11) is -2.66. The summed E-state index contributed by atoms with van der Waals surface area (Å²) in [6, 6.07) is -1.57. The van der Waals surface area contributed by atoms with Crippen molar-refractivity contribution in [3.8, 4) is 0 Å². The van der Waals surface area contributed by atoms with Gasteiger partial charge in [0.15, 0.2) is 0 Å². The second kappa shape index (κ2) is 7.20. The number of ether oxygens (including phenoxy) is 1. The molecule has 0 aliphatic rings. The van der Waals surface area contributed by atoms with Crippen molar-refractivity contribution >= 4 is 22.0 Å². The summed E-state index contributed by atoms with van der Waals surface area (Å²) in [6.45, 7) is -0.842. The maximum atomic E-state index is 11.3. The highest BCUT2D eigenvalue weighted by atomic mass is 32.2. The Kier molecular flexibility index (Phi) is 6.69. The van der Waals surface area contributed by atoms with E-state index < -0.39 is 40.4 Å². The van der Waals surface area contributed by atoms with Crippen LogP contribution in [0.1, 0.15) is 12.8 Å². The fourth-order valence-electron chi connectivity index (χ4n) is 0.950. The minimum Gasteiger partial charge on any atom is -0.480 e. The van der Waals surface area contributed by atoms with Crippen molar-refractivity contribution < 1.29 is 33.0 Å². The topological polar surface area (TPSA) is 130 Å². The number of aliphatic hydroxyl groups is 1. The number of aliphatic carboxylic acids is 1. The largest absolute Gasteiger partial charge is 0.480 e. The summed E-state index contributed by atoms with van der Waals surface area (Å²) < 4.78 is 28.8. The van der Waals surface area contributed by atoms with Crippen LogP contribution < -0.4 is 4.72 Å². The van der Waals surface area contributed by atoms with Crippen LogP contribution in [-0.4, -0.2) is 56.1 Å². The standard InChI is InChI=1S/C8H15NO7S/c1-16-7(11)3-2-4-17(14,15)9-6(5-10)8(12)13/h6,9-10H,2-5H2,1H3,(H,12,13). The molecule has 0 saturated heterocycles. The lowest BCUT2D eigenvalue weighted by molar-refractivity contribution is -0.141. The first-order valence-electron chi connectivity index (χ1n) is 4.73. The summed E-state index contributed by atoms with van der Waals surface area (Å²) >= 11 is 0. The maximum absolute atomic E-state index is 11.3. The molecule has 9 heteroatoms. The summed E-state index contributed by atoms with van der Waals surface area (Å²) in [5.41, 5.74) is 0. The zero-order valence-corrected chi connectivity index (χ0v) is 10.1. The smallest absolute Gasteiger partial charge is 0.324 e. The van der Waals surface area contributed by atoms with E-state index in [1.54, 1.807) is 4.72 Å². The highest BCUT2D eigenvalue weighted by Gasteiger charge is 2.22. The Morgan fingerprint density at radius 1 is 1.41 bits per heavy atom. The monoisotopic (exact) mass is 269 g/mol. The maximum Gasteiger partial charge on any atom is 0.324 e. The number of esters is 1. The zero-order chi connectivity index (χ0) is 13.5. The van der Waals surface area contributed by atoms with Gasteiger partial charge in [0, 0.05) is 6.42 Å². The molecule has 1 atom stereocenters. The van der Waals surface area contributed by atoms with Crippen LogP contribution in [0.3, 0.4) is 0 Å². The third-order valence-electron chi connectivity index (χ3n) is 1.82. The number of carboxylic acids is 1. The van der Waals surface area contributed by atoms with Crippen molar-refractivity contribution in [2.45, 2.75) is 18.9 Å². The fourth-order valence-corrected chi connectivity index (χ4v) is 2.20. The fraction of sp³-hybridized carbons (Fsp3) is 0.750. The van der Waals surface area contributed by atoms with E-state index in [0.717, 1.165) is 0 Å². The molecule has 0 aromatic heterocycles.